The minimum Gasteiger partial charge on any atom is -0.859 e. The number of amides is 1. The summed E-state index contributed by atoms with van der Waals surface area (Å²) in [5.41, 5.74) is 2.07. The number of aryl methyl sites for hydroxylation is 2. The number of rotatable bonds is 2. The number of para-hydroxylation sites is 1. The van der Waals surface area contributed by atoms with E-state index >= 15 is 0 Å². The Morgan fingerprint density at radius 1 is 1.00 bits per heavy atom. The number of aromatic nitrogens is 1. The van der Waals surface area contributed by atoms with Gasteiger partial charge in [-0.15, -0.1) is 0 Å². The van der Waals surface area contributed by atoms with Crippen molar-refractivity contribution in [2.24, 2.45) is 7.05 Å². The second-order valence-corrected chi connectivity index (χ2v) is 5.81. The van der Waals surface area contributed by atoms with E-state index in [1.807, 2.05) is 32.0 Å². The lowest BCUT2D eigenvalue weighted by Gasteiger charge is -2.21. The Bertz CT molecular complexity index is 999. The Balaban J connectivity index is 2.19. The van der Waals surface area contributed by atoms with Gasteiger partial charge in [0.25, 0.3) is 11.5 Å². The zero-order valence-corrected chi connectivity index (χ0v) is 13.7. The highest BCUT2D eigenvalue weighted by molar-refractivity contribution is 6.14. The Morgan fingerprint density at radius 2 is 1.58 bits per heavy atom. The van der Waals surface area contributed by atoms with Crippen molar-refractivity contribution < 1.29 is 9.90 Å². The third kappa shape index (κ3) is 2.44. The maximum atomic E-state index is 12.8. The number of hydrogen-bond acceptors (Lipinski definition) is 3. The lowest BCUT2D eigenvalue weighted by Crippen LogP contribution is -2.26. The first-order chi connectivity index (χ1) is 11.4. The van der Waals surface area contributed by atoms with Gasteiger partial charge in [0.2, 0.25) is 0 Å². The van der Waals surface area contributed by atoms with Crippen LogP contribution in [0.5, 0.6) is 5.88 Å². The van der Waals surface area contributed by atoms with E-state index in [9.17, 15) is 14.7 Å². The van der Waals surface area contributed by atoms with Gasteiger partial charge in [0, 0.05) is 23.5 Å². The number of anilines is 1. The molecular formula is C19H17N2O3-. The molecule has 0 bridgehead atoms. The van der Waals surface area contributed by atoms with Gasteiger partial charge in [-0.05, 0) is 36.9 Å². The topological polar surface area (TPSA) is 74.2 Å². The van der Waals surface area contributed by atoms with Crippen LogP contribution in [-0.2, 0) is 7.05 Å². The first-order valence-corrected chi connectivity index (χ1v) is 7.58. The molecule has 0 aliphatic carbocycles. The molecule has 0 aliphatic heterocycles. The van der Waals surface area contributed by atoms with Crippen molar-refractivity contribution in [3.05, 3.63) is 69.5 Å². The molecule has 1 amide bonds. The van der Waals surface area contributed by atoms with Crippen LogP contribution in [0.2, 0.25) is 0 Å². The zero-order valence-electron chi connectivity index (χ0n) is 13.7. The lowest BCUT2D eigenvalue weighted by molar-refractivity contribution is -0.279. The summed E-state index contributed by atoms with van der Waals surface area (Å²) in [4.78, 5) is 25.0. The molecule has 0 spiro atoms. The van der Waals surface area contributed by atoms with Gasteiger partial charge in [-0.2, -0.15) is 0 Å². The van der Waals surface area contributed by atoms with Crippen LogP contribution in [0.25, 0.3) is 10.8 Å². The van der Waals surface area contributed by atoms with Crippen LogP contribution in [0.3, 0.4) is 0 Å². The molecule has 0 radical (unpaired) electrons. The van der Waals surface area contributed by atoms with E-state index in [-0.39, 0.29) is 5.56 Å². The van der Waals surface area contributed by atoms with Gasteiger partial charge in [0.15, 0.2) is 0 Å². The summed E-state index contributed by atoms with van der Waals surface area (Å²) in [6, 6.07) is 12.3. The van der Waals surface area contributed by atoms with Crippen molar-refractivity contribution in [1.29, 1.82) is 0 Å². The number of hydrogen-bond donors (Lipinski definition) is 1. The highest BCUT2D eigenvalue weighted by atomic mass is 16.3. The van der Waals surface area contributed by atoms with Crippen LogP contribution in [-0.4, -0.2) is 10.5 Å². The molecule has 3 aromatic rings. The molecule has 2 aromatic carbocycles. The van der Waals surface area contributed by atoms with Crippen LogP contribution < -0.4 is 16.0 Å². The van der Waals surface area contributed by atoms with Crippen molar-refractivity contribution in [2.45, 2.75) is 13.8 Å². The first kappa shape index (κ1) is 15.8. The Labute approximate surface area is 139 Å². The van der Waals surface area contributed by atoms with Crippen LogP contribution in [0.4, 0.5) is 5.69 Å². The van der Waals surface area contributed by atoms with Crippen molar-refractivity contribution >= 4 is 22.4 Å². The molecule has 0 saturated heterocycles. The number of fused-ring (bicyclic) bond motifs is 1. The van der Waals surface area contributed by atoms with Crippen molar-refractivity contribution in [1.82, 2.24) is 4.57 Å². The summed E-state index contributed by atoms with van der Waals surface area (Å²) in [5.74, 6) is -1.10. The predicted molar refractivity (Wildman–Crippen MR) is 92.5 cm³/mol. The third-order valence-corrected chi connectivity index (χ3v) is 4.20. The van der Waals surface area contributed by atoms with E-state index in [4.69, 9.17) is 0 Å². The molecule has 0 unspecified atom stereocenters. The summed E-state index contributed by atoms with van der Waals surface area (Å²) in [7, 11) is 1.38. The van der Waals surface area contributed by atoms with Crippen LogP contribution in [0.15, 0.2) is 47.3 Å². The number of carbonyl (C=O) groups is 1. The molecule has 24 heavy (non-hydrogen) atoms. The van der Waals surface area contributed by atoms with Gasteiger partial charge >= 0.3 is 0 Å². The highest BCUT2D eigenvalue weighted by Crippen LogP contribution is 2.25. The maximum Gasteiger partial charge on any atom is 0.257 e. The van der Waals surface area contributed by atoms with Gasteiger partial charge in [0.05, 0.1) is 5.56 Å². The number of nitrogens with zero attached hydrogens (tertiary/aromatic N) is 1. The molecule has 0 aliphatic rings. The Morgan fingerprint density at radius 3 is 2.21 bits per heavy atom. The summed E-state index contributed by atoms with van der Waals surface area (Å²) in [6.45, 7) is 3.78. The van der Waals surface area contributed by atoms with Gasteiger partial charge in [-0.3, -0.25) is 9.59 Å². The van der Waals surface area contributed by atoms with E-state index in [1.54, 1.807) is 24.3 Å². The van der Waals surface area contributed by atoms with Crippen molar-refractivity contribution in [3.8, 4) is 5.88 Å². The number of nitrogens with one attached hydrogen (secondary N) is 1. The first-order valence-electron chi connectivity index (χ1n) is 7.58. The van der Waals surface area contributed by atoms with Crippen LogP contribution in [0.1, 0.15) is 21.5 Å². The lowest BCUT2D eigenvalue weighted by atomic mass is 10.0. The quantitative estimate of drug-likeness (QED) is 0.788. The minimum atomic E-state index is -0.595. The average Bonchev–Trinajstić information content (AvgIpc) is 2.56. The van der Waals surface area contributed by atoms with Crippen LogP contribution in [0, 0.1) is 13.8 Å². The van der Waals surface area contributed by atoms with E-state index in [0.29, 0.717) is 16.5 Å². The Hall–Kier alpha value is -3.08. The van der Waals surface area contributed by atoms with E-state index in [1.165, 1.54) is 7.05 Å². The molecule has 3 rings (SSSR count). The summed E-state index contributed by atoms with van der Waals surface area (Å²) in [6.07, 6.45) is 0. The second kappa shape index (κ2) is 5.85. The van der Waals surface area contributed by atoms with Crippen LogP contribution >= 0.6 is 0 Å². The summed E-state index contributed by atoms with van der Waals surface area (Å²) < 4.78 is 0.974. The van der Waals surface area contributed by atoms with Gasteiger partial charge < -0.3 is 15.0 Å². The molecule has 1 aromatic heterocycles. The summed E-state index contributed by atoms with van der Waals surface area (Å²) >= 11 is 0. The summed E-state index contributed by atoms with van der Waals surface area (Å²) in [5, 5.41) is 16.1. The van der Waals surface area contributed by atoms with Gasteiger partial charge in [0.1, 0.15) is 0 Å². The molecule has 0 fully saturated rings. The highest BCUT2D eigenvalue weighted by Gasteiger charge is 2.17. The van der Waals surface area contributed by atoms with Gasteiger partial charge in [-0.25, -0.2) is 0 Å². The average molecular weight is 321 g/mol. The van der Waals surface area contributed by atoms with E-state index in [2.05, 4.69) is 5.32 Å². The number of benzene rings is 2. The van der Waals surface area contributed by atoms with Crippen molar-refractivity contribution in [2.75, 3.05) is 5.32 Å². The monoisotopic (exact) mass is 321 g/mol. The number of carbonyl (C=O) groups excluding carboxylic acids is 1. The fourth-order valence-corrected chi connectivity index (χ4v) is 2.85. The Kier molecular flexibility index (Phi) is 3.85. The number of pyridine rings is 1. The molecular weight excluding hydrogens is 304 g/mol. The smallest absolute Gasteiger partial charge is 0.257 e. The molecule has 1 N–H and O–H groups in total. The standard InChI is InChI=1S/C19H18N2O3/c1-11-7-6-8-12(2)16(11)20-17(22)15-13-9-4-5-10-14(13)18(23)21(3)19(15)24/h4-10,24H,1-3H3,(H,20,22)/p-1. The molecule has 5 nitrogen and oxygen atoms in total. The SMILES string of the molecule is Cc1cccc(C)c1NC(=O)c1c([O-])n(C)c(=O)c2ccccc12. The van der Waals surface area contributed by atoms with Gasteiger partial charge in [-0.1, -0.05) is 36.4 Å². The van der Waals surface area contributed by atoms with E-state index in [0.717, 1.165) is 15.7 Å². The normalized spacial score (nSPS) is 10.8. The molecule has 0 saturated carbocycles. The maximum absolute atomic E-state index is 12.8. The second-order valence-electron chi connectivity index (χ2n) is 5.81. The van der Waals surface area contributed by atoms with E-state index < -0.39 is 17.3 Å². The van der Waals surface area contributed by atoms with Crippen molar-refractivity contribution in [3.63, 3.8) is 0 Å². The molecule has 122 valence electrons. The third-order valence-electron chi connectivity index (χ3n) is 4.20. The fourth-order valence-electron chi connectivity index (χ4n) is 2.85. The zero-order chi connectivity index (χ0) is 17.4. The predicted octanol–water partition coefficient (Wildman–Crippen LogP) is 2.48. The minimum absolute atomic E-state index is 0.0182. The molecule has 0 atom stereocenters. The largest absolute Gasteiger partial charge is 0.859 e. The molecule has 5 heteroatoms. The fraction of sp³-hybridized carbons (Fsp3) is 0.158. The molecule has 1 heterocycles.